The zero-order valence-electron chi connectivity index (χ0n) is 13.7. The monoisotopic (exact) mass is 343 g/mol. The summed E-state index contributed by atoms with van der Waals surface area (Å²) in [6, 6.07) is 7.91. The van der Waals surface area contributed by atoms with E-state index in [0.717, 1.165) is 42.9 Å². The van der Waals surface area contributed by atoms with Gasteiger partial charge in [0, 0.05) is 24.2 Å². The number of hydrogen-bond donors (Lipinski definition) is 1. The highest BCUT2D eigenvalue weighted by Crippen LogP contribution is 2.16. The highest BCUT2D eigenvalue weighted by atomic mass is 32.1. The number of amides is 1. The average Bonchev–Trinajstić information content (AvgIpc) is 3.08. The number of carbonyl (C=O) groups excluding carboxylic acids is 1. The third-order valence-electron chi connectivity index (χ3n) is 3.71. The topological polar surface area (TPSA) is 54.5 Å². The molecule has 0 aliphatic carbocycles. The maximum Gasteiger partial charge on any atom is 0.290 e. The van der Waals surface area contributed by atoms with Crippen molar-refractivity contribution in [2.45, 2.75) is 25.9 Å². The quantitative estimate of drug-likeness (QED) is 0.873. The zero-order chi connectivity index (χ0) is 16.8. The second-order valence-corrected chi connectivity index (χ2v) is 6.58. The fourth-order valence-electron chi connectivity index (χ4n) is 2.62. The summed E-state index contributed by atoms with van der Waals surface area (Å²) in [5.74, 6) is 0.245. The second-order valence-electron chi connectivity index (χ2n) is 5.87. The summed E-state index contributed by atoms with van der Waals surface area (Å²) in [4.78, 5) is 18.7. The Kier molecular flexibility index (Phi) is 5.61. The van der Waals surface area contributed by atoms with Gasteiger partial charge in [0.2, 0.25) is 0 Å². The molecule has 5 nitrogen and oxygen atoms in total. The molecule has 0 bridgehead atoms. The van der Waals surface area contributed by atoms with Crippen molar-refractivity contribution in [1.29, 1.82) is 0 Å². The molecule has 2 aromatic rings. The second kappa shape index (κ2) is 8.08. The van der Waals surface area contributed by atoms with Gasteiger partial charge >= 0.3 is 0 Å². The first-order chi connectivity index (χ1) is 11.7. The Morgan fingerprint density at radius 2 is 2.33 bits per heavy atom. The standard InChI is InChI=1S/C18H21N3O2S/c1-21(11-16-12-24-13-19-16)10-14-5-4-6-15(9-14)20-18(22)17-7-2-3-8-23-17/h4-7,9,12-13H,2-3,8,10-11H2,1H3,(H,20,22). The third kappa shape index (κ3) is 4.66. The van der Waals surface area contributed by atoms with Gasteiger partial charge < -0.3 is 10.1 Å². The Labute approximate surface area is 146 Å². The molecule has 0 spiro atoms. The number of carbonyl (C=O) groups is 1. The van der Waals surface area contributed by atoms with E-state index >= 15 is 0 Å². The van der Waals surface area contributed by atoms with E-state index in [1.807, 2.05) is 29.8 Å². The average molecular weight is 343 g/mol. The molecule has 1 N–H and O–H groups in total. The number of nitrogens with zero attached hydrogens (tertiary/aromatic N) is 2. The van der Waals surface area contributed by atoms with Gasteiger partial charge in [-0.05, 0) is 43.7 Å². The van der Waals surface area contributed by atoms with Crippen LogP contribution in [-0.4, -0.2) is 29.4 Å². The summed E-state index contributed by atoms with van der Waals surface area (Å²) in [5.41, 5.74) is 4.86. The molecular formula is C18H21N3O2S. The molecule has 1 amide bonds. The van der Waals surface area contributed by atoms with E-state index in [-0.39, 0.29) is 5.91 Å². The molecule has 2 heterocycles. The van der Waals surface area contributed by atoms with Gasteiger partial charge in [0.05, 0.1) is 17.8 Å². The number of hydrogen-bond acceptors (Lipinski definition) is 5. The van der Waals surface area contributed by atoms with Crippen molar-refractivity contribution in [3.63, 3.8) is 0 Å². The number of anilines is 1. The summed E-state index contributed by atoms with van der Waals surface area (Å²) < 4.78 is 5.40. The fraction of sp³-hybridized carbons (Fsp3) is 0.333. The lowest BCUT2D eigenvalue weighted by Crippen LogP contribution is -2.19. The van der Waals surface area contributed by atoms with Crippen LogP contribution in [0.3, 0.4) is 0 Å². The van der Waals surface area contributed by atoms with E-state index in [2.05, 4.69) is 33.7 Å². The summed E-state index contributed by atoms with van der Waals surface area (Å²) >= 11 is 1.61. The van der Waals surface area contributed by atoms with Gasteiger partial charge in [-0.25, -0.2) is 4.98 Å². The summed E-state index contributed by atoms with van der Waals surface area (Å²) in [7, 11) is 2.06. The first-order valence-corrected chi connectivity index (χ1v) is 8.94. The van der Waals surface area contributed by atoms with Crippen LogP contribution in [0.15, 0.2) is 47.0 Å². The lowest BCUT2D eigenvalue weighted by molar-refractivity contribution is -0.116. The van der Waals surface area contributed by atoms with Crippen molar-refractivity contribution in [2.24, 2.45) is 0 Å². The largest absolute Gasteiger partial charge is 0.488 e. The maximum atomic E-state index is 12.2. The van der Waals surface area contributed by atoms with Crippen LogP contribution in [0.5, 0.6) is 0 Å². The Morgan fingerprint density at radius 3 is 3.08 bits per heavy atom. The van der Waals surface area contributed by atoms with Gasteiger partial charge in [-0.15, -0.1) is 11.3 Å². The molecule has 1 aliphatic heterocycles. The van der Waals surface area contributed by atoms with Gasteiger partial charge in [-0.1, -0.05) is 12.1 Å². The Balaban J connectivity index is 1.59. The molecular weight excluding hydrogens is 322 g/mol. The summed E-state index contributed by atoms with van der Waals surface area (Å²) in [6.07, 6.45) is 3.71. The van der Waals surface area contributed by atoms with Crippen LogP contribution in [-0.2, 0) is 22.6 Å². The van der Waals surface area contributed by atoms with Gasteiger partial charge in [0.15, 0.2) is 5.76 Å². The molecule has 0 atom stereocenters. The molecule has 0 radical (unpaired) electrons. The van der Waals surface area contributed by atoms with Crippen LogP contribution in [0, 0.1) is 0 Å². The predicted octanol–water partition coefficient (Wildman–Crippen LogP) is 3.41. The molecule has 0 fully saturated rings. The van der Waals surface area contributed by atoms with Gasteiger partial charge in [-0.2, -0.15) is 0 Å². The number of benzene rings is 1. The number of thiazole rings is 1. The molecule has 126 valence electrons. The van der Waals surface area contributed by atoms with Crippen LogP contribution in [0.4, 0.5) is 5.69 Å². The number of rotatable bonds is 6. The van der Waals surface area contributed by atoms with Gasteiger partial charge in [0.1, 0.15) is 0 Å². The van der Waals surface area contributed by atoms with Crippen LogP contribution in [0.1, 0.15) is 24.1 Å². The highest BCUT2D eigenvalue weighted by molar-refractivity contribution is 7.07. The minimum absolute atomic E-state index is 0.178. The molecule has 1 aromatic heterocycles. The molecule has 6 heteroatoms. The molecule has 0 unspecified atom stereocenters. The number of allylic oxidation sites excluding steroid dienone is 1. The maximum absolute atomic E-state index is 12.2. The smallest absolute Gasteiger partial charge is 0.290 e. The van der Waals surface area contributed by atoms with Crippen molar-refractivity contribution >= 4 is 22.9 Å². The highest BCUT2D eigenvalue weighted by Gasteiger charge is 2.14. The van der Waals surface area contributed by atoms with Crippen molar-refractivity contribution in [2.75, 3.05) is 19.0 Å². The number of ether oxygens (including phenoxy) is 1. The van der Waals surface area contributed by atoms with Crippen LogP contribution in [0.2, 0.25) is 0 Å². The van der Waals surface area contributed by atoms with Gasteiger partial charge in [0.25, 0.3) is 5.91 Å². The first-order valence-electron chi connectivity index (χ1n) is 7.99. The van der Waals surface area contributed by atoms with Crippen LogP contribution in [0.25, 0.3) is 0 Å². The number of aromatic nitrogens is 1. The van der Waals surface area contributed by atoms with Gasteiger partial charge in [-0.3, -0.25) is 9.69 Å². The Morgan fingerprint density at radius 1 is 1.42 bits per heavy atom. The van der Waals surface area contributed by atoms with E-state index in [4.69, 9.17) is 4.74 Å². The summed E-state index contributed by atoms with van der Waals surface area (Å²) in [6.45, 7) is 2.21. The predicted molar refractivity (Wildman–Crippen MR) is 95.6 cm³/mol. The van der Waals surface area contributed by atoms with E-state index in [1.165, 1.54) is 0 Å². The lowest BCUT2D eigenvalue weighted by Gasteiger charge is -2.17. The number of nitrogens with one attached hydrogen (secondary N) is 1. The molecule has 1 aromatic carbocycles. The van der Waals surface area contributed by atoms with Crippen molar-refractivity contribution in [3.8, 4) is 0 Å². The van der Waals surface area contributed by atoms with Crippen LogP contribution >= 0.6 is 11.3 Å². The van der Waals surface area contributed by atoms with Crippen molar-refractivity contribution in [1.82, 2.24) is 9.88 Å². The fourth-order valence-corrected chi connectivity index (χ4v) is 3.17. The zero-order valence-corrected chi connectivity index (χ0v) is 14.5. The third-order valence-corrected chi connectivity index (χ3v) is 4.35. The van der Waals surface area contributed by atoms with Crippen molar-refractivity contribution < 1.29 is 9.53 Å². The summed E-state index contributed by atoms with van der Waals surface area (Å²) in [5, 5.41) is 4.97. The molecule has 0 saturated heterocycles. The Hall–Kier alpha value is -2.18. The minimum Gasteiger partial charge on any atom is -0.488 e. The van der Waals surface area contributed by atoms with Crippen molar-refractivity contribution in [3.05, 3.63) is 58.2 Å². The molecule has 24 heavy (non-hydrogen) atoms. The van der Waals surface area contributed by atoms with E-state index in [0.29, 0.717) is 12.4 Å². The minimum atomic E-state index is -0.178. The molecule has 0 saturated carbocycles. The van der Waals surface area contributed by atoms with E-state index in [1.54, 1.807) is 11.3 Å². The van der Waals surface area contributed by atoms with E-state index < -0.39 is 0 Å². The van der Waals surface area contributed by atoms with E-state index in [9.17, 15) is 4.79 Å². The molecule has 3 rings (SSSR count). The first kappa shape index (κ1) is 16.7. The Bertz CT molecular complexity index is 713. The lowest BCUT2D eigenvalue weighted by atomic mass is 10.2. The molecule has 1 aliphatic rings. The van der Waals surface area contributed by atoms with Crippen LogP contribution < -0.4 is 5.32 Å². The normalized spacial score (nSPS) is 14.2. The SMILES string of the molecule is CN(Cc1cccc(NC(=O)C2=CCCCO2)c1)Cc1cscn1.